The summed E-state index contributed by atoms with van der Waals surface area (Å²) in [5.74, 6) is 0.357. The molecule has 116 valence electrons. The number of pyridine rings is 2. The number of amides is 1. The fourth-order valence-corrected chi connectivity index (χ4v) is 3.13. The van der Waals surface area contributed by atoms with Gasteiger partial charge in [0, 0.05) is 17.1 Å². The molecule has 1 amide bonds. The fraction of sp³-hybridized carbons (Fsp3) is 0. The zero-order chi connectivity index (χ0) is 16.4. The van der Waals surface area contributed by atoms with Gasteiger partial charge in [0.1, 0.15) is 5.82 Å². The first-order chi connectivity index (χ1) is 11.8. The third-order valence-electron chi connectivity index (χ3n) is 3.65. The van der Waals surface area contributed by atoms with Gasteiger partial charge in [-0.3, -0.25) is 4.79 Å². The van der Waals surface area contributed by atoms with Gasteiger partial charge in [0.25, 0.3) is 5.91 Å². The number of nitrogens with one attached hydrogen (secondary N) is 1. The zero-order valence-corrected chi connectivity index (χ0v) is 13.5. The Hall–Kier alpha value is -3.05. The molecule has 0 saturated carbocycles. The van der Waals surface area contributed by atoms with Crippen LogP contribution in [0.3, 0.4) is 0 Å². The number of fused-ring (bicyclic) bond motifs is 1. The van der Waals surface area contributed by atoms with Crippen LogP contribution in [0.1, 0.15) is 9.67 Å². The highest BCUT2D eigenvalue weighted by Crippen LogP contribution is 2.30. The van der Waals surface area contributed by atoms with E-state index in [0.717, 1.165) is 16.5 Å². The van der Waals surface area contributed by atoms with E-state index in [9.17, 15) is 4.79 Å². The van der Waals surface area contributed by atoms with Crippen molar-refractivity contribution >= 4 is 34.1 Å². The second kappa shape index (κ2) is 6.22. The summed E-state index contributed by atoms with van der Waals surface area (Å²) in [6.07, 6.45) is 1.70. The maximum atomic E-state index is 12.4. The summed E-state index contributed by atoms with van der Waals surface area (Å²) < 4.78 is 0. The molecule has 0 radical (unpaired) electrons. The van der Waals surface area contributed by atoms with Crippen molar-refractivity contribution < 1.29 is 4.79 Å². The van der Waals surface area contributed by atoms with Gasteiger partial charge in [-0.1, -0.05) is 36.4 Å². The Morgan fingerprint density at radius 1 is 1.00 bits per heavy atom. The second-order valence-corrected chi connectivity index (χ2v) is 6.18. The third kappa shape index (κ3) is 2.77. The fourth-order valence-electron chi connectivity index (χ4n) is 2.52. The van der Waals surface area contributed by atoms with E-state index in [2.05, 4.69) is 15.3 Å². The molecule has 4 aromatic rings. The number of hydrogen-bond acceptors (Lipinski definition) is 4. The van der Waals surface area contributed by atoms with Crippen LogP contribution in [-0.2, 0) is 0 Å². The van der Waals surface area contributed by atoms with E-state index in [1.54, 1.807) is 12.3 Å². The van der Waals surface area contributed by atoms with Crippen LogP contribution in [0.5, 0.6) is 0 Å². The molecule has 3 heterocycles. The smallest absolute Gasteiger partial charge is 0.266 e. The largest absolute Gasteiger partial charge is 0.305 e. The van der Waals surface area contributed by atoms with Crippen LogP contribution < -0.4 is 5.32 Å². The van der Waals surface area contributed by atoms with E-state index in [-0.39, 0.29) is 5.91 Å². The van der Waals surface area contributed by atoms with Crippen molar-refractivity contribution in [3.05, 3.63) is 77.1 Å². The lowest BCUT2D eigenvalue weighted by molar-refractivity contribution is 0.103. The minimum absolute atomic E-state index is 0.162. The van der Waals surface area contributed by atoms with Gasteiger partial charge in [0.15, 0.2) is 5.65 Å². The summed E-state index contributed by atoms with van der Waals surface area (Å²) in [6, 6.07) is 19.4. The molecule has 0 atom stereocenters. The lowest BCUT2D eigenvalue weighted by Gasteiger charge is -2.11. The number of thiophene rings is 1. The van der Waals surface area contributed by atoms with Gasteiger partial charge < -0.3 is 5.32 Å². The van der Waals surface area contributed by atoms with Crippen LogP contribution in [0.15, 0.2) is 72.2 Å². The van der Waals surface area contributed by atoms with Gasteiger partial charge in [-0.25, -0.2) is 9.97 Å². The van der Waals surface area contributed by atoms with E-state index < -0.39 is 0 Å². The molecule has 0 unspecified atom stereocenters. The molecule has 0 aliphatic rings. The molecule has 4 nitrogen and oxygen atoms in total. The third-order valence-corrected chi connectivity index (χ3v) is 4.52. The molecule has 0 aliphatic heterocycles. The zero-order valence-electron chi connectivity index (χ0n) is 12.6. The molecule has 5 heteroatoms. The Bertz CT molecular complexity index is 998. The van der Waals surface area contributed by atoms with Crippen molar-refractivity contribution in [1.82, 2.24) is 9.97 Å². The predicted octanol–water partition coefficient (Wildman–Crippen LogP) is 4.61. The standard InChI is InChI=1S/C19H13N3OS/c23-19(16-9-5-11-24-16)22-18-15(13-6-2-1-3-7-13)12-14-8-4-10-20-17(14)21-18/h1-12H,(H,20,21,22,23). The van der Waals surface area contributed by atoms with Gasteiger partial charge in [-0.05, 0) is 35.2 Å². The average Bonchev–Trinajstić information content (AvgIpc) is 3.17. The van der Waals surface area contributed by atoms with E-state index in [1.807, 2.05) is 60.0 Å². The highest BCUT2D eigenvalue weighted by atomic mass is 32.1. The summed E-state index contributed by atoms with van der Waals surface area (Å²) in [5, 5.41) is 5.74. The molecule has 1 aromatic carbocycles. The van der Waals surface area contributed by atoms with Gasteiger partial charge in [-0.15, -0.1) is 11.3 Å². The number of hydrogen-bond donors (Lipinski definition) is 1. The quantitative estimate of drug-likeness (QED) is 0.596. The predicted molar refractivity (Wildman–Crippen MR) is 97.2 cm³/mol. The monoisotopic (exact) mass is 331 g/mol. The van der Waals surface area contributed by atoms with Gasteiger partial charge in [0.05, 0.1) is 4.88 Å². The highest BCUT2D eigenvalue weighted by Gasteiger charge is 2.14. The molecular formula is C19H13N3OS. The molecule has 4 rings (SSSR count). The Kier molecular flexibility index (Phi) is 3.76. The first-order valence-corrected chi connectivity index (χ1v) is 8.35. The normalized spacial score (nSPS) is 10.7. The summed E-state index contributed by atoms with van der Waals surface area (Å²) >= 11 is 1.40. The van der Waals surface area contributed by atoms with Crippen LogP contribution in [0.4, 0.5) is 5.82 Å². The number of carbonyl (C=O) groups is 1. The van der Waals surface area contributed by atoms with E-state index in [1.165, 1.54) is 11.3 Å². The maximum Gasteiger partial charge on any atom is 0.266 e. The minimum Gasteiger partial charge on any atom is -0.305 e. The number of benzene rings is 1. The van der Waals surface area contributed by atoms with Gasteiger partial charge >= 0.3 is 0 Å². The van der Waals surface area contributed by atoms with E-state index in [0.29, 0.717) is 16.3 Å². The van der Waals surface area contributed by atoms with E-state index >= 15 is 0 Å². The summed E-state index contributed by atoms with van der Waals surface area (Å²) in [4.78, 5) is 21.9. The molecule has 24 heavy (non-hydrogen) atoms. The molecule has 0 bridgehead atoms. The second-order valence-electron chi connectivity index (χ2n) is 5.23. The van der Waals surface area contributed by atoms with Crippen molar-refractivity contribution in [2.45, 2.75) is 0 Å². The lowest BCUT2D eigenvalue weighted by Crippen LogP contribution is -2.12. The topological polar surface area (TPSA) is 54.9 Å². The number of carbonyl (C=O) groups excluding carboxylic acids is 1. The summed E-state index contributed by atoms with van der Waals surface area (Å²) in [7, 11) is 0. The van der Waals surface area contributed by atoms with Gasteiger partial charge in [-0.2, -0.15) is 0 Å². The molecule has 3 aromatic heterocycles. The number of rotatable bonds is 3. The molecule has 0 aliphatic carbocycles. The van der Waals surface area contributed by atoms with Crippen LogP contribution in [0, 0.1) is 0 Å². The highest BCUT2D eigenvalue weighted by molar-refractivity contribution is 7.12. The van der Waals surface area contributed by atoms with Crippen molar-refractivity contribution in [2.24, 2.45) is 0 Å². The van der Waals surface area contributed by atoms with Gasteiger partial charge in [0.2, 0.25) is 0 Å². The number of aromatic nitrogens is 2. The average molecular weight is 331 g/mol. The Morgan fingerprint density at radius 3 is 2.67 bits per heavy atom. The van der Waals surface area contributed by atoms with Crippen LogP contribution in [0.25, 0.3) is 22.2 Å². The molecule has 0 fully saturated rings. The molecular weight excluding hydrogens is 318 g/mol. The summed E-state index contributed by atoms with van der Waals surface area (Å²) in [5.41, 5.74) is 2.48. The summed E-state index contributed by atoms with van der Waals surface area (Å²) in [6.45, 7) is 0. The Morgan fingerprint density at radius 2 is 1.88 bits per heavy atom. The minimum atomic E-state index is -0.162. The first-order valence-electron chi connectivity index (χ1n) is 7.47. The maximum absolute atomic E-state index is 12.4. The SMILES string of the molecule is O=C(Nc1nc2ncccc2cc1-c1ccccc1)c1cccs1. The first kappa shape index (κ1) is 14.5. The number of anilines is 1. The molecule has 0 spiro atoms. The van der Waals surface area contributed by atoms with Crippen molar-refractivity contribution in [1.29, 1.82) is 0 Å². The van der Waals surface area contributed by atoms with Crippen molar-refractivity contribution in [2.75, 3.05) is 5.32 Å². The lowest BCUT2D eigenvalue weighted by atomic mass is 10.0. The van der Waals surface area contributed by atoms with Crippen molar-refractivity contribution in [3.8, 4) is 11.1 Å². The molecule has 0 saturated heterocycles. The van der Waals surface area contributed by atoms with Crippen LogP contribution in [0.2, 0.25) is 0 Å². The van der Waals surface area contributed by atoms with Crippen LogP contribution in [-0.4, -0.2) is 15.9 Å². The van der Waals surface area contributed by atoms with Crippen LogP contribution >= 0.6 is 11.3 Å². The Labute approximate surface area is 142 Å². The Balaban J connectivity index is 1.84. The number of nitrogens with zero attached hydrogens (tertiary/aromatic N) is 2. The molecule has 1 N–H and O–H groups in total. The van der Waals surface area contributed by atoms with Crippen molar-refractivity contribution in [3.63, 3.8) is 0 Å². The van der Waals surface area contributed by atoms with E-state index in [4.69, 9.17) is 0 Å².